The van der Waals surface area contributed by atoms with Crippen LogP contribution in [0.1, 0.15) is 22.5 Å². The van der Waals surface area contributed by atoms with Gasteiger partial charge in [0.25, 0.3) is 0 Å². The van der Waals surface area contributed by atoms with Crippen LogP contribution < -0.4 is 10.2 Å². The summed E-state index contributed by atoms with van der Waals surface area (Å²) in [4.78, 5) is 21.6. The van der Waals surface area contributed by atoms with Crippen LogP contribution in [-0.2, 0) is 4.79 Å². The first-order valence-electron chi connectivity index (χ1n) is 10.7. The van der Waals surface area contributed by atoms with Crippen molar-refractivity contribution < 1.29 is 4.79 Å². The molecule has 0 radical (unpaired) electrons. The lowest BCUT2D eigenvalue weighted by Crippen LogP contribution is -2.49. The molecule has 1 aromatic carbocycles. The lowest BCUT2D eigenvalue weighted by Gasteiger charge is -2.35. The molecule has 4 rings (SSSR count). The van der Waals surface area contributed by atoms with E-state index in [0.29, 0.717) is 6.54 Å². The molecule has 1 N–H and O–H groups in total. The number of amides is 1. The summed E-state index contributed by atoms with van der Waals surface area (Å²) < 4.78 is 1.91. The summed E-state index contributed by atoms with van der Waals surface area (Å²) in [5.74, 6) is 0.869. The number of nitrogens with one attached hydrogen (secondary N) is 1. The van der Waals surface area contributed by atoms with Crippen LogP contribution in [0.15, 0.2) is 42.6 Å². The Balaban J connectivity index is 1.37. The van der Waals surface area contributed by atoms with Gasteiger partial charge in [-0.25, -0.2) is 9.67 Å². The number of aromatic nitrogens is 3. The fourth-order valence-electron chi connectivity index (χ4n) is 4.19. The van der Waals surface area contributed by atoms with Crippen molar-refractivity contribution in [3.8, 4) is 5.82 Å². The van der Waals surface area contributed by atoms with Gasteiger partial charge in [-0.15, -0.1) is 0 Å². The molecule has 0 unspecified atom stereocenters. The normalized spacial score (nSPS) is 14.6. The van der Waals surface area contributed by atoms with E-state index in [1.165, 1.54) is 5.69 Å². The molecule has 1 aliphatic heterocycles. The van der Waals surface area contributed by atoms with Crippen LogP contribution in [0.3, 0.4) is 0 Å². The number of pyridine rings is 1. The molecule has 3 aromatic rings. The maximum absolute atomic E-state index is 12.6. The van der Waals surface area contributed by atoms with Gasteiger partial charge in [0.15, 0.2) is 5.82 Å². The first kappa shape index (κ1) is 21.1. The SMILES string of the molecule is Cc1ccc(C)c(NC(=O)CN2CCN(c3c(C)nn(-c4ccccn4)c3C)CC2)c1. The fourth-order valence-corrected chi connectivity index (χ4v) is 4.19. The van der Waals surface area contributed by atoms with E-state index in [0.717, 1.165) is 60.2 Å². The standard InChI is InChI=1S/C24H30N6O/c1-17-8-9-18(2)21(15-17)26-23(31)16-28-11-13-29(14-12-28)24-19(3)27-30(20(24)4)22-7-5-6-10-25-22/h5-10,15H,11-14,16H2,1-4H3,(H,26,31). The van der Waals surface area contributed by atoms with E-state index in [-0.39, 0.29) is 5.91 Å². The van der Waals surface area contributed by atoms with Crippen LogP contribution in [0.4, 0.5) is 11.4 Å². The molecule has 0 saturated carbocycles. The predicted molar refractivity (Wildman–Crippen MR) is 124 cm³/mol. The summed E-state index contributed by atoms with van der Waals surface area (Å²) in [7, 11) is 0. The third kappa shape index (κ3) is 4.61. The second-order valence-corrected chi connectivity index (χ2v) is 8.25. The molecular formula is C24H30N6O. The van der Waals surface area contributed by atoms with Gasteiger partial charge in [-0.1, -0.05) is 18.2 Å². The lowest BCUT2D eigenvalue weighted by molar-refractivity contribution is -0.117. The molecule has 1 fully saturated rings. The van der Waals surface area contributed by atoms with E-state index in [1.807, 2.05) is 55.8 Å². The van der Waals surface area contributed by atoms with Crippen molar-refractivity contribution in [1.29, 1.82) is 0 Å². The summed E-state index contributed by atoms with van der Waals surface area (Å²) in [6, 6.07) is 12.0. The summed E-state index contributed by atoms with van der Waals surface area (Å²) in [5.41, 5.74) is 6.40. The summed E-state index contributed by atoms with van der Waals surface area (Å²) >= 11 is 0. The lowest BCUT2D eigenvalue weighted by atomic mass is 10.1. The Morgan fingerprint density at radius 3 is 2.52 bits per heavy atom. The van der Waals surface area contributed by atoms with E-state index in [1.54, 1.807) is 6.20 Å². The number of anilines is 2. The summed E-state index contributed by atoms with van der Waals surface area (Å²) in [6.45, 7) is 12.0. The first-order valence-corrected chi connectivity index (χ1v) is 10.7. The predicted octanol–water partition coefficient (Wildman–Crippen LogP) is 3.26. The number of carbonyl (C=O) groups is 1. The van der Waals surface area contributed by atoms with Crippen LogP contribution in [0.2, 0.25) is 0 Å². The number of rotatable bonds is 5. The molecule has 1 aliphatic rings. The maximum Gasteiger partial charge on any atom is 0.238 e. The summed E-state index contributed by atoms with van der Waals surface area (Å²) in [5, 5.41) is 7.79. The van der Waals surface area contributed by atoms with Crippen molar-refractivity contribution in [1.82, 2.24) is 19.7 Å². The number of benzene rings is 1. The third-order valence-electron chi connectivity index (χ3n) is 5.84. The minimum atomic E-state index is 0.0393. The molecule has 31 heavy (non-hydrogen) atoms. The molecule has 3 heterocycles. The van der Waals surface area contributed by atoms with Gasteiger partial charge in [-0.2, -0.15) is 5.10 Å². The Labute approximate surface area is 183 Å². The van der Waals surface area contributed by atoms with Crippen LogP contribution in [0.5, 0.6) is 0 Å². The molecule has 0 atom stereocenters. The average molecular weight is 419 g/mol. The van der Waals surface area contributed by atoms with Crippen LogP contribution >= 0.6 is 0 Å². The highest BCUT2D eigenvalue weighted by atomic mass is 16.2. The highest BCUT2D eigenvalue weighted by Gasteiger charge is 2.24. The van der Waals surface area contributed by atoms with Crippen molar-refractivity contribution in [2.45, 2.75) is 27.7 Å². The van der Waals surface area contributed by atoms with E-state index >= 15 is 0 Å². The minimum absolute atomic E-state index is 0.0393. The zero-order chi connectivity index (χ0) is 22.0. The zero-order valence-electron chi connectivity index (χ0n) is 18.7. The molecule has 2 aromatic heterocycles. The van der Waals surface area contributed by atoms with E-state index in [9.17, 15) is 4.79 Å². The van der Waals surface area contributed by atoms with Gasteiger partial charge in [-0.3, -0.25) is 9.69 Å². The van der Waals surface area contributed by atoms with Gasteiger partial charge in [0.2, 0.25) is 5.91 Å². The number of hydrogen-bond acceptors (Lipinski definition) is 5. The monoisotopic (exact) mass is 418 g/mol. The Bertz CT molecular complexity index is 1070. The molecular weight excluding hydrogens is 388 g/mol. The molecule has 7 nitrogen and oxygen atoms in total. The number of carbonyl (C=O) groups excluding carboxylic acids is 1. The van der Waals surface area contributed by atoms with Gasteiger partial charge >= 0.3 is 0 Å². The first-order chi connectivity index (χ1) is 14.9. The summed E-state index contributed by atoms with van der Waals surface area (Å²) in [6.07, 6.45) is 1.79. The Morgan fingerprint density at radius 1 is 1.03 bits per heavy atom. The number of hydrogen-bond donors (Lipinski definition) is 1. The molecule has 162 valence electrons. The maximum atomic E-state index is 12.6. The van der Waals surface area contributed by atoms with Crippen molar-refractivity contribution in [2.24, 2.45) is 0 Å². The molecule has 0 aliphatic carbocycles. The van der Waals surface area contributed by atoms with Gasteiger partial charge in [0.05, 0.1) is 23.6 Å². The van der Waals surface area contributed by atoms with Crippen molar-refractivity contribution >= 4 is 17.3 Å². The van der Waals surface area contributed by atoms with E-state index in [4.69, 9.17) is 5.10 Å². The van der Waals surface area contributed by atoms with E-state index in [2.05, 4.69) is 33.1 Å². The third-order valence-corrected chi connectivity index (χ3v) is 5.84. The number of aryl methyl sites for hydroxylation is 3. The second kappa shape index (κ2) is 8.89. The fraction of sp³-hybridized carbons (Fsp3) is 0.375. The van der Waals surface area contributed by atoms with E-state index < -0.39 is 0 Å². The van der Waals surface area contributed by atoms with Crippen molar-refractivity contribution in [3.63, 3.8) is 0 Å². The number of nitrogens with zero attached hydrogens (tertiary/aromatic N) is 5. The topological polar surface area (TPSA) is 66.3 Å². The smallest absolute Gasteiger partial charge is 0.238 e. The highest BCUT2D eigenvalue weighted by Crippen LogP contribution is 2.27. The number of piperazine rings is 1. The Kier molecular flexibility index (Phi) is 6.04. The van der Waals surface area contributed by atoms with Crippen molar-refractivity contribution in [2.75, 3.05) is 42.9 Å². The largest absolute Gasteiger partial charge is 0.366 e. The molecule has 1 saturated heterocycles. The second-order valence-electron chi connectivity index (χ2n) is 8.25. The molecule has 0 spiro atoms. The Hall–Kier alpha value is -3.19. The van der Waals surface area contributed by atoms with Gasteiger partial charge in [-0.05, 0) is 57.0 Å². The quantitative estimate of drug-likeness (QED) is 0.689. The average Bonchev–Trinajstić information content (AvgIpc) is 3.06. The van der Waals surface area contributed by atoms with Gasteiger partial charge < -0.3 is 10.2 Å². The molecule has 0 bridgehead atoms. The highest BCUT2D eigenvalue weighted by molar-refractivity contribution is 5.93. The van der Waals surface area contributed by atoms with Crippen LogP contribution in [0, 0.1) is 27.7 Å². The van der Waals surface area contributed by atoms with Crippen LogP contribution in [0.25, 0.3) is 5.82 Å². The van der Waals surface area contributed by atoms with Gasteiger partial charge in [0.1, 0.15) is 0 Å². The zero-order valence-corrected chi connectivity index (χ0v) is 18.7. The minimum Gasteiger partial charge on any atom is -0.366 e. The van der Waals surface area contributed by atoms with Crippen molar-refractivity contribution in [3.05, 3.63) is 65.1 Å². The van der Waals surface area contributed by atoms with Crippen LogP contribution in [-0.4, -0.2) is 58.3 Å². The van der Waals surface area contributed by atoms with Gasteiger partial charge in [0, 0.05) is 38.1 Å². The molecule has 7 heteroatoms. The molecule has 1 amide bonds. The Morgan fingerprint density at radius 2 is 1.81 bits per heavy atom.